The van der Waals surface area contributed by atoms with Crippen molar-refractivity contribution in [3.63, 3.8) is 0 Å². The summed E-state index contributed by atoms with van der Waals surface area (Å²) in [5.74, 6) is -0.185. The molecule has 3 aliphatic heterocycles. The van der Waals surface area contributed by atoms with Crippen LogP contribution >= 0.6 is 0 Å². The van der Waals surface area contributed by atoms with Crippen molar-refractivity contribution >= 4 is 11.5 Å². The number of rotatable bonds is 5. The summed E-state index contributed by atoms with van der Waals surface area (Å²) in [4.78, 5) is 17.6. The van der Waals surface area contributed by atoms with E-state index < -0.39 is 0 Å². The minimum Gasteiger partial charge on any atom is -0.367 e. The summed E-state index contributed by atoms with van der Waals surface area (Å²) in [7, 11) is 0. The fourth-order valence-electron chi connectivity index (χ4n) is 5.93. The molecule has 2 atom stereocenters. The summed E-state index contributed by atoms with van der Waals surface area (Å²) in [6.07, 6.45) is 5.04. The van der Waals surface area contributed by atoms with Crippen molar-refractivity contribution in [3.8, 4) is 0 Å². The quantitative estimate of drug-likeness (QED) is 0.696. The van der Waals surface area contributed by atoms with Gasteiger partial charge in [-0.15, -0.1) is 0 Å². The first-order valence-corrected chi connectivity index (χ1v) is 11.0. The van der Waals surface area contributed by atoms with Crippen LogP contribution in [0.3, 0.4) is 0 Å². The lowest BCUT2D eigenvalue weighted by atomic mass is 9.74. The van der Waals surface area contributed by atoms with E-state index in [1.165, 1.54) is 54.8 Å². The van der Waals surface area contributed by atoms with Crippen LogP contribution in [0.2, 0.25) is 0 Å². The zero-order chi connectivity index (χ0) is 20.0. The molecular formula is C25H29FN2O. The average Bonchev–Trinajstić information content (AvgIpc) is 2.98. The van der Waals surface area contributed by atoms with Crippen LogP contribution in [-0.2, 0) is 11.8 Å². The largest absolute Gasteiger partial charge is 0.367 e. The van der Waals surface area contributed by atoms with E-state index in [0.29, 0.717) is 18.0 Å². The van der Waals surface area contributed by atoms with Crippen LogP contribution in [0, 0.1) is 5.82 Å². The molecule has 0 radical (unpaired) electrons. The number of benzene rings is 2. The summed E-state index contributed by atoms with van der Waals surface area (Å²) in [5.41, 5.74) is 5.38. The van der Waals surface area contributed by atoms with Crippen LogP contribution < -0.4 is 4.90 Å². The number of carbonyl (C=O) groups excluding carboxylic acids is 1. The van der Waals surface area contributed by atoms with Crippen molar-refractivity contribution in [1.82, 2.24) is 4.90 Å². The number of hydrogen-bond acceptors (Lipinski definition) is 3. The number of halogens is 1. The molecule has 0 bridgehead atoms. The molecule has 0 amide bonds. The van der Waals surface area contributed by atoms with E-state index in [9.17, 15) is 9.18 Å². The lowest BCUT2D eigenvalue weighted by Gasteiger charge is -2.46. The number of piperidine rings is 1. The van der Waals surface area contributed by atoms with Crippen LogP contribution in [0.4, 0.5) is 10.1 Å². The van der Waals surface area contributed by atoms with Gasteiger partial charge in [-0.05, 0) is 67.6 Å². The van der Waals surface area contributed by atoms with Gasteiger partial charge in [0.2, 0.25) is 0 Å². The highest BCUT2D eigenvalue weighted by molar-refractivity contribution is 5.95. The number of aryl methyl sites for hydroxylation is 1. The molecule has 4 heteroatoms. The van der Waals surface area contributed by atoms with E-state index >= 15 is 0 Å². The molecule has 3 heterocycles. The Balaban J connectivity index is 1.25. The molecule has 29 heavy (non-hydrogen) atoms. The molecule has 152 valence electrons. The van der Waals surface area contributed by atoms with Gasteiger partial charge in [0.1, 0.15) is 5.82 Å². The Morgan fingerprint density at radius 2 is 2.00 bits per heavy atom. The van der Waals surface area contributed by atoms with Gasteiger partial charge in [-0.3, -0.25) is 4.79 Å². The maximum absolute atomic E-state index is 13.1. The summed E-state index contributed by atoms with van der Waals surface area (Å²) < 4.78 is 13.1. The Kier molecular flexibility index (Phi) is 4.70. The van der Waals surface area contributed by atoms with Gasteiger partial charge in [-0.2, -0.15) is 0 Å². The predicted molar refractivity (Wildman–Crippen MR) is 114 cm³/mol. The Bertz CT molecular complexity index is 925. The number of anilines is 1. The van der Waals surface area contributed by atoms with E-state index in [4.69, 9.17) is 0 Å². The monoisotopic (exact) mass is 392 g/mol. The zero-order valence-electron chi connectivity index (χ0n) is 17.2. The van der Waals surface area contributed by atoms with Gasteiger partial charge < -0.3 is 9.80 Å². The molecule has 5 rings (SSSR count). The van der Waals surface area contributed by atoms with E-state index in [-0.39, 0.29) is 17.0 Å². The highest BCUT2D eigenvalue weighted by Gasteiger charge is 2.51. The van der Waals surface area contributed by atoms with Gasteiger partial charge in [0, 0.05) is 48.8 Å². The third kappa shape index (κ3) is 3.18. The molecule has 0 aliphatic carbocycles. The van der Waals surface area contributed by atoms with Gasteiger partial charge >= 0.3 is 0 Å². The average molecular weight is 393 g/mol. The maximum Gasteiger partial charge on any atom is 0.162 e. The molecule has 2 aromatic rings. The Hall–Kier alpha value is -2.20. The number of carbonyl (C=O) groups is 1. The van der Waals surface area contributed by atoms with E-state index in [0.717, 1.165) is 26.1 Å². The first kappa shape index (κ1) is 18.8. The van der Waals surface area contributed by atoms with Crippen LogP contribution in [0.15, 0.2) is 42.5 Å². The Morgan fingerprint density at radius 1 is 1.17 bits per heavy atom. The normalized spacial score (nSPS) is 25.6. The van der Waals surface area contributed by atoms with Crippen LogP contribution in [0.1, 0.15) is 54.1 Å². The summed E-state index contributed by atoms with van der Waals surface area (Å²) in [6.45, 7) is 6.75. The van der Waals surface area contributed by atoms with E-state index in [1.807, 2.05) is 0 Å². The third-order valence-corrected chi connectivity index (χ3v) is 7.29. The SMILES string of the molecule is C[C@@]12CN(CCCC(=O)c3ccc(F)cc3)CCC1N1CCCc3cccc2c31. The second-order valence-corrected chi connectivity index (χ2v) is 9.14. The molecule has 0 aromatic heterocycles. The lowest BCUT2D eigenvalue weighted by Crippen LogP contribution is -2.56. The highest BCUT2D eigenvalue weighted by atomic mass is 19.1. The van der Waals surface area contributed by atoms with Crippen LogP contribution in [0.25, 0.3) is 0 Å². The Labute approximate surface area is 172 Å². The summed E-state index contributed by atoms with van der Waals surface area (Å²) >= 11 is 0. The third-order valence-electron chi connectivity index (χ3n) is 7.29. The molecule has 3 nitrogen and oxygen atoms in total. The Morgan fingerprint density at radius 3 is 2.83 bits per heavy atom. The minimum absolute atomic E-state index is 0.110. The topological polar surface area (TPSA) is 23.6 Å². The standard InChI is InChI=1S/C25H29FN2O/c1-25-17-27(14-4-8-22(29)18-9-11-20(26)12-10-18)16-13-23(25)28-15-3-6-19-5-2-7-21(25)24(19)28/h2,5,7,9-12,23H,3-4,6,8,13-17H2,1H3/t23?,25-/m0/s1. The first-order chi connectivity index (χ1) is 14.1. The molecule has 1 fully saturated rings. The molecular weight excluding hydrogens is 363 g/mol. The van der Waals surface area contributed by atoms with E-state index in [2.05, 4.69) is 34.9 Å². The molecule has 1 unspecified atom stereocenters. The number of ketones is 1. The van der Waals surface area contributed by atoms with Gasteiger partial charge in [0.05, 0.1) is 0 Å². The van der Waals surface area contributed by atoms with Crippen molar-refractivity contribution in [2.75, 3.05) is 31.1 Å². The number of fused-ring (bicyclic) bond motifs is 3. The van der Waals surface area contributed by atoms with E-state index in [1.54, 1.807) is 12.1 Å². The van der Waals surface area contributed by atoms with Crippen molar-refractivity contribution in [2.45, 2.75) is 50.5 Å². The number of likely N-dealkylation sites (tertiary alicyclic amines) is 1. The van der Waals surface area contributed by atoms with Gasteiger partial charge in [-0.25, -0.2) is 4.39 Å². The van der Waals surface area contributed by atoms with Gasteiger partial charge in [-0.1, -0.05) is 25.1 Å². The van der Waals surface area contributed by atoms with Crippen LogP contribution in [-0.4, -0.2) is 42.9 Å². The van der Waals surface area contributed by atoms with Crippen molar-refractivity contribution in [2.24, 2.45) is 0 Å². The molecule has 3 aliphatic rings. The van der Waals surface area contributed by atoms with Gasteiger partial charge in [0.25, 0.3) is 0 Å². The first-order valence-electron chi connectivity index (χ1n) is 11.0. The van der Waals surface area contributed by atoms with Crippen molar-refractivity contribution in [3.05, 3.63) is 65.0 Å². The molecule has 0 saturated carbocycles. The zero-order valence-corrected chi connectivity index (χ0v) is 17.2. The van der Waals surface area contributed by atoms with Crippen molar-refractivity contribution in [1.29, 1.82) is 0 Å². The highest BCUT2D eigenvalue weighted by Crippen LogP contribution is 2.51. The summed E-state index contributed by atoms with van der Waals surface area (Å²) in [6, 6.07) is 13.4. The molecule has 1 saturated heterocycles. The fraction of sp³-hybridized carbons (Fsp3) is 0.480. The smallest absolute Gasteiger partial charge is 0.162 e. The fourth-order valence-corrected chi connectivity index (χ4v) is 5.93. The maximum atomic E-state index is 13.1. The second kappa shape index (κ2) is 7.24. The lowest BCUT2D eigenvalue weighted by molar-refractivity contribution is 0.0963. The number of hydrogen-bond donors (Lipinski definition) is 0. The minimum atomic E-state index is -0.296. The molecule has 2 aromatic carbocycles. The van der Waals surface area contributed by atoms with Crippen LogP contribution in [0.5, 0.6) is 0 Å². The number of nitrogens with zero attached hydrogens (tertiary/aromatic N) is 2. The second-order valence-electron chi connectivity index (χ2n) is 9.14. The number of Topliss-reactive ketones (excluding diaryl/α,β-unsaturated/α-hetero) is 1. The van der Waals surface area contributed by atoms with Gasteiger partial charge in [0.15, 0.2) is 5.78 Å². The molecule has 0 N–H and O–H groups in total. The summed E-state index contributed by atoms with van der Waals surface area (Å²) in [5, 5.41) is 0. The predicted octanol–water partition coefficient (Wildman–Crippen LogP) is 4.59. The van der Waals surface area contributed by atoms with Crippen molar-refractivity contribution < 1.29 is 9.18 Å². The molecule has 0 spiro atoms. The number of para-hydroxylation sites is 1.